The number of ether oxygens (including phenoxy) is 1. The van der Waals surface area contributed by atoms with Crippen LogP contribution >= 0.6 is 11.6 Å². The molecule has 1 aliphatic rings. The van der Waals surface area contributed by atoms with Gasteiger partial charge in [-0.3, -0.25) is 0 Å². The maximum atomic E-state index is 6.01. The molecule has 1 saturated heterocycles. The molecule has 2 rings (SSSR count). The number of halogens is 1. The minimum Gasteiger partial charge on any atom is -0.493 e. The smallest absolute Gasteiger partial charge is 0.125 e. The lowest BCUT2D eigenvalue weighted by Gasteiger charge is -2.23. The molecule has 1 heterocycles. The molecule has 1 aromatic rings. The Morgan fingerprint density at radius 2 is 2.06 bits per heavy atom. The maximum absolute atomic E-state index is 6.01. The van der Waals surface area contributed by atoms with E-state index in [0.717, 1.165) is 41.6 Å². The van der Waals surface area contributed by atoms with Gasteiger partial charge in [0.15, 0.2) is 0 Å². The number of piperidine rings is 1. The highest BCUT2D eigenvalue weighted by molar-refractivity contribution is 6.30. The van der Waals surface area contributed by atoms with Crippen molar-refractivity contribution in [2.75, 3.05) is 19.7 Å². The second-order valence-electron chi connectivity index (χ2n) is 4.89. The van der Waals surface area contributed by atoms with E-state index in [9.17, 15) is 0 Å². The molecule has 1 N–H and O–H groups in total. The number of nitrogens with one attached hydrogen (secondary N) is 1. The largest absolute Gasteiger partial charge is 0.493 e. The van der Waals surface area contributed by atoms with Gasteiger partial charge in [0.1, 0.15) is 5.75 Å². The second kappa shape index (κ2) is 5.74. The highest BCUT2D eigenvalue weighted by Crippen LogP contribution is 2.27. The summed E-state index contributed by atoms with van der Waals surface area (Å²) in [5.41, 5.74) is 2.25. The molecule has 1 unspecified atom stereocenters. The summed E-state index contributed by atoms with van der Waals surface area (Å²) in [5, 5.41) is 4.19. The Hall–Kier alpha value is -0.730. The summed E-state index contributed by atoms with van der Waals surface area (Å²) < 4.78 is 5.96. The Morgan fingerprint density at radius 1 is 1.35 bits per heavy atom. The fourth-order valence-corrected chi connectivity index (χ4v) is 2.72. The van der Waals surface area contributed by atoms with Gasteiger partial charge < -0.3 is 10.1 Å². The zero-order chi connectivity index (χ0) is 12.3. The van der Waals surface area contributed by atoms with Crippen LogP contribution in [0.1, 0.15) is 24.0 Å². The van der Waals surface area contributed by atoms with Crippen molar-refractivity contribution in [2.24, 2.45) is 5.92 Å². The molecule has 0 amide bonds. The van der Waals surface area contributed by atoms with Crippen LogP contribution in [-0.2, 0) is 0 Å². The van der Waals surface area contributed by atoms with Gasteiger partial charge in [-0.1, -0.05) is 11.6 Å². The topological polar surface area (TPSA) is 21.3 Å². The maximum Gasteiger partial charge on any atom is 0.125 e. The van der Waals surface area contributed by atoms with E-state index < -0.39 is 0 Å². The third-order valence-electron chi connectivity index (χ3n) is 3.29. The molecule has 0 bridgehead atoms. The first kappa shape index (κ1) is 12.7. The first-order chi connectivity index (χ1) is 8.16. The first-order valence-electron chi connectivity index (χ1n) is 6.27. The lowest BCUT2D eigenvalue weighted by atomic mass is 10.0. The van der Waals surface area contributed by atoms with Gasteiger partial charge in [0.2, 0.25) is 0 Å². The summed E-state index contributed by atoms with van der Waals surface area (Å²) >= 11 is 6.01. The Labute approximate surface area is 108 Å². The highest BCUT2D eigenvalue weighted by Gasteiger charge is 2.14. The van der Waals surface area contributed by atoms with Gasteiger partial charge in [0.05, 0.1) is 6.61 Å². The molecule has 3 heteroatoms. The van der Waals surface area contributed by atoms with E-state index in [1.54, 1.807) is 0 Å². The average molecular weight is 254 g/mol. The Bertz CT molecular complexity index is 363. The minimum absolute atomic E-state index is 0.637. The molecule has 0 saturated carbocycles. The fraction of sp³-hybridized carbons (Fsp3) is 0.571. The van der Waals surface area contributed by atoms with Crippen LogP contribution < -0.4 is 10.1 Å². The van der Waals surface area contributed by atoms with Crippen molar-refractivity contribution in [1.29, 1.82) is 0 Å². The summed E-state index contributed by atoms with van der Waals surface area (Å²) in [4.78, 5) is 0. The normalized spacial score (nSPS) is 20.3. The van der Waals surface area contributed by atoms with Crippen LogP contribution in [0.5, 0.6) is 5.75 Å². The molecular formula is C14H20ClNO. The van der Waals surface area contributed by atoms with Gasteiger partial charge in [-0.15, -0.1) is 0 Å². The molecule has 2 nitrogen and oxygen atoms in total. The zero-order valence-electron chi connectivity index (χ0n) is 10.6. The third-order valence-corrected chi connectivity index (χ3v) is 3.51. The van der Waals surface area contributed by atoms with Gasteiger partial charge in [0.25, 0.3) is 0 Å². The van der Waals surface area contributed by atoms with Crippen molar-refractivity contribution in [3.8, 4) is 5.75 Å². The van der Waals surface area contributed by atoms with E-state index in [2.05, 4.69) is 5.32 Å². The zero-order valence-corrected chi connectivity index (χ0v) is 11.3. The van der Waals surface area contributed by atoms with Crippen molar-refractivity contribution in [3.63, 3.8) is 0 Å². The van der Waals surface area contributed by atoms with Gasteiger partial charge in [-0.2, -0.15) is 0 Å². The SMILES string of the molecule is Cc1cc(Cl)cc(C)c1OCC1CCCNC1. The van der Waals surface area contributed by atoms with E-state index in [-0.39, 0.29) is 0 Å². The quantitative estimate of drug-likeness (QED) is 0.892. The second-order valence-corrected chi connectivity index (χ2v) is 5.33. The van der Waals surface area contributed by atoms with E-state index in [0.29, 0.717) is 5.92 Å². The van der Waals surface area contributed by atoms with Crippen LogP contribution in [0.2, 0.25) is 5.02 Å². The molecule has 94 valence electrons. The highest BCUT2D eigenvalue weighted by atomic mass is 35.5. The first-order valence-corrected chi connectivity index (χ1v) is 6.65. The van der Waals surface area contributed by atoms with Crippen molar-refractivity contribution >= 4 is 11.6 Å². The molecule has 0 aromatic heterocycles. The Balaban J connectivity index is 1.98. The molecule has 0 spiro atoms. The summed E-state index contributed by atoms with van der Waals surface area (Å²) in [5.74, 6) is 1.64. The predicted molar refractivity (Wildman–Crippen MR) is 72.0 cm³/mol. The summed E-state index contributed by atoms with van der Waals surface area (Å²) in [7, 11) is 0. The van der Waals surface area contributed by atoms with E-state index in [1.165, 1.54) is 12.8 Å². The van der Waals surface area contributed by atoms with Crippen LogP contribution in [0.15, 0.2) is 12.1 Å². The molecule has 0 radical (unpaired) electrons. The van der Waals surface area contributed by atoms with Gasteiger partial charge in [0, 0.05) is 17.5 Å². The molecule has 17 heavy (non-hydrogen) atoms. The summed E-state index contributed by atoms with van der Waals surface area (Å²) in [6, 6.07) is 3.92. The molecule has 1 atom stereocenters. The summed E-state index contributed by atoms with van der Waals surface area (Å²) in [6.07, 6.45) is 2.52. The monoisotopic (exact) mass is 253 g/mol. The molecular weight excluding hydrogens is 234 g/mol. The number of rotatable bonds is 3. The van der Waals surface area contributed by atoms with E-state index in [4.69, 9.17) is 16.3 Å². The van der Waals surface area contributed by atoms with Crippen molar-refractivity contribution < 1.29 is 4.74 Å². The number of benzene rings is 1. The lowest BCUT2D eigenvalue weighted by Crippen LogP contribution is -2.33. The van der Waals surface area contributed by atoms with E-state index >= 15 is 0 Å². The Kier molecular flexibility index (Phi) is 4.30. The molecule has 1 aromatic carbocycles. The molecule has 1 aliphatic heterocycles. The van der Waals surface area contributed by atoms with Gasteiger partial charge in [-0.25, -0.2) is 0 Å². The van der Waals surface area contributed by atoms with Crippen molar-refractivity contribution in [3.05, 3.63) is 28.3 Å². The fourth-order valence-electron chi connectivity index (χ4n) is 2.39. The van der Waals surface area contributed by atoms with Gasteiger partial charge in [-0.05, 0) is 56.5 Å². The predicted octanol–water partition coefficient (Wildman–Crippen LogP) is 3.34. The Morgan fingerprint density at radius 3 is 2.65 bits per heavy atom. The van der Waals surface area contributed by atoms with Crippen LogP contribution in [0.3, 0.4) is 0 Å². The van der Waals surface area contributed by atoms with Crippen LogP contribution in [0.4, 0.5) is 0 Å². The van der Waals surface area contributed by atoms with Crippen molar-refractivity contribution in [1.82, 2.24) is 5.32 Å². The third kappa shape index (κ3) is 3.36. The lowest BCUT2D eigenvalue weighted by molar-refractivity contribution is 0.216. The van der Waals surface area contributed by atoms with E-state index in [1.807, 2.05) is 26.0 Å². The van der Waals surface area contributed by atoms with Crippen LogP contribution in [-0.4, -0.2) is 19.7 Å². The standard InChI is InChI=1S/C14H20ClNO/c1-10-6-13(15)7-11(2)14(10)17-9-12-4-3-5-16-8-12/h6-7,12,16H,3-5,8-9H2,1-2H3. The number of hydrogen-bond donors (Lipinski definition) is 1. The van der Waals surface area contributed by atoms with Crippen molar-refractivity contribution in [2.45, 2.75) is 26.7 Å². The average Bonchev–Trinajstić information content (AvgIpc) is 2.29. The van der Waals surface area contributed by atoms with Crippen LogP contribution in [0.25, 0.3) is 0 Å². The minimum atomic E-state index is 0.637. The number of aryl methyl sites for hydroxylation is 2. The number of hydrogen-bond acceptors (Lipinski definition) is 2. The van der Waals surface area contributed by atoms with Gasteiger partial charge >= 0.3 is 0 Å². The summed E-state index contributed by atoms with van der Waals surface area (Å²) in [6.45, 7) is 7.12. The molecule has 0 aliphatic carbocycles. The van der Waals surface area contributed by atoms with Crippen LogP contribution in [0, 0.1) is 19.8 Å². The molecule has 1 fully saturated rings.